The van der Waals surface area contributed by atoms with Crippen LogP contribution >= 0.6 is 0 Å². The molecule has 1 rings (SSSR count). The average Bonchev–Trinajstić information content (AvgIpc) is 2.27. The number of anilines is 1. The molecule has 0 aliphatic heterocycles. The first kappa shape index (κ1) is 14.5. The van der Waals surface area contributed by atoms with Crippen LogP contribution in [0.5, 0.6) is 5.75 Å². The highest BCUT2D eigenvalue weighted by Gasteiger charge is 2.13. The molecule has 1 amide bonds. The van der Waals surface area contributed by atoms with Gasteiger partial charge < -0.3 is 15.4 Å². The van der Waals surface area contributed by atoms with Gasteiger partial charge in [0.25, 0.3) is 0 Å². The first-order valence-electron chi connectivity index (χ1n) is 6.09. The zero-order valence-electron chi connectivity index (χ0n) is 11.6. The molecule has 18 heavy (non-hydrogen) atoms. The van der Waals surface area contributed by atoms with E-state index in [1.54, 1.807) is 11.9 Å². The molecule has 4 heteroatoms. The summed E-state index contributed by atoms with van der Waals surface area (Å²) in [4.78, 5) is 13.3. The molecule has 0 fully saturated rings. The van der Waals surface area contributed by atoms with Gasteiger partial charge in [0.05, 0.1) is 0 Å². The van der Waals surface area contributed by atoms with E-state index in [-0.39, 0.29) is 11.5 Å². The number of carbonyl (C=O) groups excluding carboxylic acids is 1. The fraction of sp³-hybridized carbons (Fsp3) is 0.500. The molecule has 0 heterocycles. The molecule has 0 unspecified atom stereocenters. The molecule has 0 spiro atoms. The maximum atomic E-state index is 11.7. The van der Waals surface area contributed by atoms with E-state index >= 15 is 0 Å². The van der Waals surface area contributed by atoms with Crippen LogP contribution in [0, 0.1) is 0 Å². The van der Waals surface area contributed by atoms with Crippen molar-refractivity contribution < 1.29 is 9.53 Å². The lowest BCUT2D eigenvalue weighted by Gasteiger charge is -2.22. The topological polar surface area (TPSA) is 55.6 Å². The van der Waals surface area contributed by atoms with Crippen LogP contribution in [-0.4, -0.2) is 25.1 Å². The molecule has 1 aromatic carbocycles. The van der Waals surface area contributed by atoms with E-state index in [1.165, 1.54) is 0 Å². The third kappa shape index (κ3) is 4.37. The van der Waals surface area contributed by atoms with E-state index < -0.39 is 0 Å². The third-order valence-electron chi connectivity index (χ3n) is 2.38. The Balaban J connectivity index is 2.73. The van der Waals surface area contributed by atoms with Gasteiger partial charge >= 0.3 is 0 Å². The van der Waals surface area contributed by atoms with Crippen molar-refractivity contribution in [1.29, 1.82) is 0 Å². The number of rotatable bonds is 4. The minimum atomic E-state index is -0.219. The van der Waals surface area contributed by atoms with E-state index in [1.807, 2.05) is 45.0 Å². The largest absolute Gasteiger partial charge is 0.488 e. The van der Waals surface area contributed by atoms with E-state index in [4.69, 9.17) is 10.5 Å². The Morgan fingerprint density at radius 3 is 2.28 bits per heavy atom. The summed E-state index contributed by atoms with van der Waals surface area (Å²) >= 11 is 0. The molecule has 0 atom stereocenters. The summed E-state index contributed by atoms with van der Waals surface area (Å²) in [6.45, 7) is 6.36. The van der Waals surface area contributed by atoms with Gasteiger partial charge in [-0.3, -0.25) is 4.79 Å². The summed E-state index contributed by atoms with van der Waals surface area (Å²) in [6.07, 6.45) is 0.358. The highest BCUT2D eigenvalue weighted by atomic mass is 16.5. The second-order valence-corrected chi connectivity index (χ2v) is 5.20. The van der Waals surface area contributed by atoms with Gasteiger partial charge in [-0.1, -0.05) is 0 Å². The van der Waals surface area contributed by atoms with Gasteiger partial charge in [-0.15, -0.1) is 0 Å². The summed E-state index contributed by atoms with van der Waals surface area (Å²) in [5.74, 6) is 0.813. The number of nitrogens with two attached hydrogens (primary N) is 1. The lowest BCUT2D eigenvalue weighted by Crippen LogP contribution is -2.28. The number of carbonyl (C=O) groups is 1. The van der Waals surface area contributed by atoms with Crippen molar-refractivity contribution >= 4 is 11.6 Å². The molecular weight excluding hydrogens is 228 g/mol. The maximum absolute atomic E-state index is 11.7. The number of benzene rings is 1. The Hall–Kier alpha value is -1.55. The number of hydrogen-bond donors (Lipinski definition) is 1. The fourth-order valence-electron chi connectivity index (χ4n) is 1.53. The second-order valence-electron chi connectivity index (χ2n) is 5.20. The molecule has 0 radical (unpaired) electrons. The van der Waals surface area contributed by atoms with Crippen molar-refractivity contribution in [2.45, 2.75) is 32.8 Å². The zero-order chi connectivity index (χ0) is 13.8. The molecule has 4 nitrogen and oxygen atoms in total. The van der Waals surface area contributed by atoms with Gasteiger partial charge in [0.15, 0.2) is 0 Å². The van der Waals surface area contributed by atoms with Crippen LogP contribution < -0.4 is 15.4 Å². The van der Waals surface area contributed by atoms with Gasteiger partial charge in [0.1, 0.15) is 11.4 Å². The van der Waals surface area contributed by atoms with Crippen molar-refractivity contribution in [3.8, 4) is 5.75 Å². The molecule has 0 aliphatic carbocycles. The molecule has 100 valence electrons. The van der Waals surface area contributed by atoms with Crippen LogP contribution in [0.3, 0.4) is 0 Å². The van der Waals surface area contributed by atoms with E-state index in [0.717, 1.165) is 11.4 Å². The van der Waals surface area contributed by atoms with Crippen LogP contribution in [0.15, 0.2) is 24.3 Å². The van der Waals surface area contributed by atoms with Crippen LogP contribution in [0.2, 0.25) is 0 Å². The summed E-state index contributed by atoms with van der Waals surface area (Å²) < 4.78 is 5.72. The van der Waals surface area contributed by atoms with Crippen LogP contribution in [0.1, 0.15) is 27.2 Å². The van der Waals surface area contributed by atoms with Crippen molar-refractivity contribution in [1.82, 2.24) is 0 Å². The van der Waals surface area contributed by atoms with Gasteiger partial charge in [-0.2, -0.15) is 0 Å². The van der Waals surface area contributed by atoms with Crippen molar-refractivity contribution in [3.05, 3.63) is 24.3 Å². The molecule has 0 aliphatic rings. The SMILES string of the molecule is CN(C(=O)CCN)c1ccc(OC(C)(C)C)cc1. The van der Waals surface area contributed by atoms with Gasteiger partial charge in [-0.25, -0.2) is 0 Å². The minimum absolute atomic E-state index is 0.0157. The first-order valence-corrected chi connectivity index (χ1v) is 6.09. The highest BCUT2D eigenvalue weighted by molar-refractivity contribution is 5.92. The minimum Gasteiger partial charge on any atom is -0.488 e. The molecular formula is C14H22N2O2. The number of ether oxygens (including phenoxy) is 1. The molecule has 0 bridgehead atoms. The first-order chi connectivity index (χ1) is 8.33. The van der Waals surface area contributed by atoms with Crippen molar-refractivity contribution in [2.75, 3.05) is 18.5 Å². The zero-order valence-corrected chi connectivity index (χ0v) is 11.6. The standard InChI is InChI=1S/C14H22N2O2/c1-14(2,3)18-12-7-5-11(6-8-12)16(4)13(17)9-10-15/h5-8H,9-10,15H2,1-4H3. The molecule has 2 N–H and O–H groups in total. The Kier molecular flexibility index (Phi) is 4.73. The monoisotopic (exact) mass is 250 g/mol. The predicted octanol–water partition coefficient (Wildman–Crippen LogP) is 2.18. The van der Waals surface area contributed by atoms with Gasteiger partial charge in [0.2, 0.25) is 5.91 Å². The smallest absolute Gasteiger partial charge is 0.227 e. The third-order valence-corrected chi connectivity index (χ3v) is 2.38. The Morgan fingerprint density at radius 2 is 1.83 bits per heavy atom. The Morgan fingerprint density at radius 1 is 1.28 bits per heavy atom. The van der Waals surface area contributed by atoms with Crippen LogP contribution in [0.25, 0.3) is 0 Å². The summed E-state index contributed by atoms with van der Waals surface area (Å²) in [7, 11) is 1.75. The normalized spacial score (nSPS) is 11.2. The fourth-order valence-corrected chi connectivity index (χ4v) is 1.53. The van der Waals surface area contributed by atoms with Crippen molar-refractivity contribution in [2.24, 2.45) is 5.73 Å². The van der Waals surface area contributed by atoms with Crippen molar-refractivity contribution in [3.63, 3.8) is 0 Å². The second kappa shape index (κ2) is 5.87. The number of amides is 1. The lowest BCUT2D eigenvalue weighted by atomic mass is 10.2. The van der Waals surface area contributed by atoms with E-state index in [0.29, 0.717) is 13.0 Å². The number of hydrogen-bond acceptors (Lipinski definition) is 3. The molecule has 1 aromatic rings. The van der Waals surface area contributed by atoms with Crippen LogP contribution in [0.4, 0.5) is 5.69 Å². The lowest BCUT2D eigenvalue weighted by molar-refractivity contribution is -0.118. The van der Waals surface area contributed by atoms with Gasteiger partial charge in [0, 0.05) is 25.7 Å². The average molecular weight is 250 g/mol. The van der Waals surface area contributed by atoms with E-state index in [2.05, 4.69) is 0 Å². The predicted molar refractivity (Wildman–Crippen MR) is 73.9 cm³/mol. The molecule has 0 saturated carbocycles. The Bertz CT molecular complexity index is 393. The summed E-state index contributed by atoms with van der Waals surface area (Å²) in [6, 6.07) is 7.48. The van der Waals surface area contributed by atoms with E-state index in [9.17, 15) is 4.79 Å². The molecule has 0 saturated heterocycles. The van der Waals surface area contributed by atoms with Gasteiger partial charge in [-0.05, 0) is 45.0 Å². The Labute approximate surface area is 109 Å². The quantitative estimate of drug-likeness (QED) is 0.891. The molecule has 0 aromatic heterocycles. The summed E-state index contributed by atoms with van der Waals surface area (Å²) in [5.41, 5.74) is 5.99. The maximum Gasteiger partial charge on any atom is 0.227 e. The highest BCUT2D eigenvalue weighted by Crippen LogP contribution is 2.22. The number of nitrogens with zero attached hydrogens (tertiary/aromatic N) is 1. The summed E-state index contributed by atoms with van der Waals surface area (Å²) in [5, 5.41) is 0. The van der Waals surface area contributed by atoms with Crippen LogP contribution in [-0.2, 0) is 4.79 Å².